The lowest BCUT2D eigenvalue weighted by molar-refractivity contribution is 1.28. The number of hydrogen-bond donors (Lipinski definition) is 1. The first-order valence-electron chi connectivity index (χ1n) is 4.94. The van der Waals surface area contributed by atoms with Crippen molar-refractivity contribution in [3.63, 3.8) is 0 Å². The van der Waals surface area contributed by atoms with E-state index in [-0.39, 0.29) is 0 Å². The largest absolute Gasteiger partial charge is 0.346 e. The van der Waals surface area contributed by atoms with Crippen LogP contribution in [0.25, 0.3) is 11.3 Å². The Morgan fingerprint density at radius 2 is 1.80 bits per heavy atom. The molecule has 0 spiro atoms. The van der Waals surface area contributed by atoms with Gasteiger partial charge < -0.3 is 4.98 Å². The summed E-state index contributed by atoms with van der Waals surface area (Å²) in [6.45, 7) is 4.24. The molecule has 0 saturated heterocycles. The van der Waals surface area contributed by atoms with E-state index in [4.69, 9.17) is 12.2 Å². The monoisotopic (exact) mass is 215 g/mol. The van der Waals surface area contributed by atoms with Gasteiger partial charge in [0.15, 0.2) is 0 Å². The molecule has 0 saturated carbocycles. The highest BCUT2D eigenvalue weighted by Crippen LogP contribution is 2.19. The van der Waals surface area contributed by atoms with Gasteiger partial charge in [0.1, 0.15) is 4.64 Å². The predicted octanol–water partition coefficient (Wildman–Crippen LogP) is 4.03. The second kappa shape index (κ2) is 3.99. The topological polar surface area (TPSA) is 15.8 Å². The molecule has 0 unspecified atom stereocenters. The molecule has 1 aromatic carbocycles. The Morgan fingerprint density at radius 3 is 2.47 bits per heavy atom. The zero-order valence-electron chi connectivity index (χ0n) is 8.87. The van der Waals surface area contributed by atoms with Crippen LogP contribution in [-0.2, 0) is 0 Å². The van der Waals surface area contributed by atoms with Crippen molar-refractivity contribution in [1.82, 2.24) is 4.98 Å². The molecule has 15 heavy (non-hydrogen) atoms. The van der Waals surface area contributed by atoms with Gasteiger partial charge in [-0.25, -0.2) is 0 Å². The van der Waals surface area contributed by atoms with Gasteiger partial charge in [-0.05, 0) is 48.7 Å². The third kappa shape index (κ3) is 2.16. The lowest BCUT2D eigenvalue weighted by atomic mass is 10.0. The number of hydrogen-bond acceptors (Lipinski definition) is 1. The van der Waals surface area contributed by atoms with E-state index in [1.54, 1.807) is 0 Å². The van der Waals surface area contributed by atoms with Crippen molar-refractivity contribution < 1.29 is 0 Å². The fourth-order valence-corrected chi connectivity index (χ4v) is 1.71. The summed E-state index contributed by atoms with van der Waals surface area (Å²) in [6, 6.07) is 12.3. The number of aromatic nitrogens is 1. The Kier molecular flexibility index (Phi) is 2.69. The molecule has 0 radical (unpaired) electrons. The fourth-order valence-electron chi connectivity index (χ4n) is 1.53. The van der Waals surface area contributed by atoms with Crippen LogP contribution in [0.5, 0.6) is 0 Å². The van der Waals surface area contributed by atoms with E-state index in [1.165, 1.54) is 16.7 Å². The molecular formula is C13H13NS. The molecule has 1 heterocycles. The van der Waals surface area contributed by atoms with E-state index in [1.807, 2.05) is 18.2 Å². The third-order valence-corrected chi connectivity index (χ3v) is 2.82. The highest BCUT2D eigenvalue weighted by Gasteiger charge is 1.99. The molecule has 0 bridgehead atoms. The summed E-state index contributed by atoms with van der Waals surface area (Å²) < 4.78 is 0.769. The maximum Gasteiger partial charge on any atom is 0.103 e. The summed E-state index contributed by atoms with van der Waals surface area (Å²) in [5.74, 6) is 0. The summed E-state index contributed by atoms with van der Waals surface area (Å²) in [5, 5.41) is 0. The Bertz CT molecular complexity index is 540. The average molecular weight is 215 g/mol. The number of aryl methyl sites for hydroxylation is 2. The lowest BCUT2D eigenvalue weighted by Crippen LogP contribution is -1.86. The van der Waals surface area contributed by atoms with Gasteiger partial charge in [0.25, 0.3) is 0 Å². The van der Waals surface area contributed by atoms with Gasteiger partial charge in [0, 0.05) is 5.69 Å². The number of rotatable bonds is 1. The van der Waals surface area contributed by atoms with Crippen molar-refractivity contribution in [3.8, 4) is 11.3 Å². The van der Waals surface area contributed by atoms with Crippen molar-refractivity contribution in [1.29, 1.82) is 0 Å². The molecule has 2 heteroatoms. The van der Waals surface area contributed by atoms with Crippen LogP contribution in [0.1, 0.15) is 11.1 Å². The van der Waals surface area contributed by atoms with Gasteiger partial charge >= 0.3 is 0 Å². The number of nitrogens with one attached hydrogen (secondary N) is 1. The first-order valence-corrected chi connectivity index (χ1v) is 5.34. The second-order valence-electron chi connectivity index (χ2n) is 3.73. The minimum absolute atomic E-state index is 0.769. The van der Waals surface area contributed by atoms with Crippen LogP contribution in [0.4, 0.5) is 0 Å². The molecule has 0 atom stereocenters. The van der Waals surface area contributed by atoms with Crippen molar-refractivity contribution in [3.05, 3.63) is 52.2 Å². The van der Waals surface area contributed by atoms with Gasteiger partial charge in [-0.15, -0.1) is 0 Å². The number of aromatic amines is 1. The van der Waals surface area contributed by atoms with Crippen molar-refractivity contribution in [2.75, 3.05) is 0 Å². The van der Waals surface area contributed by atoms with Crippen LogP contribution < -0.4 is 0 Å². The van der Waals surface area contributed by atoms with Gasteiger partial charge in [-0.2, -0.15) is 0 Å². The summed E-state index contributed by atoms with van der Waals surface area (Å²) >= 11 is 5.10. The normalized spacial score (nSPS) is 10.3. The third-order valence-electron chi connectivity index (χ3n) is 2.59. The Balaban J connectivity index is 2.55. The molecular weight excluding hydrogens is 202 g/mol. The minimum atomic E-state index is 0.769. The molecule has 0 amide bonds. The van der Waals surface area contributed by atoms with Gasteiger partial charge in [0.2, 0.25) is 0 Å². The molecule has 76 valence electrons. The Hall–Kier alpha value is -1.41. The maximum atomic E-state index is 5.10. The Labute approximate surface area is 94.8 Å². The van der Waals surface area contributed by atoms with Gasteiger partial charge in [-0.1, -0.05) is 30.4 Å². The SMILES string of the molecule is Cc1ccc(-c2cccc(=S)[nH]2)cc1C. The summed E-state index contributed by atoms with van der Waals surface area (Å²) in [6.07, 6.45) is 0. The first-order chi connectivity index (χ1) is 7.16. The quantitative estimate of drug-likeness (QED) is 0.710. The van der Waals surface area contributed by atoms with E-state index in [0.29, 0.717) is 0 Å². The molecule has 1 aromatic heterocycles. The van der Waals surface area contributed by atoms with Crippen LogP contribution >= 0.6 is 12.2 Å². The van der Waals surface area contributed by atoms with Gasteiger partial charge in [-0.3, -0.25) is 0 Å². The zero-order chi connectivity index (χ0) is 10.8. The van der Waals surface area contributed by atoms with E-state index in [9.17, 15) is 0 Å². The highest BCUT2D eigenvalue weighted by atomic mass is 32.1. The van der Waals surface area contributed by atoms with E-state index in [2.05, 4.69) is 37.0 Å². The van der Waals surface area contributed by atoms with Crippen LogP contribution in [0.2, 0.25) is 0 Å². The van der Waals surface area contributed by atoms with Crippen LogP contribution in [0, 0.1) is 18.5 Å². The number of benzene rings is 1. The summed E-state index contributed by atoms with van der Waals surface area (Å²) in [5.41, 5.74) is 4.87. The maximum absolute atomic E-state index is 5.10. The number of pyridine rings is 1. The lowest BCUT2D eigenvalue weighted by Gasteiger charge is -2.05. The zero-order valence-corrected chi connectivity index (χ0v) is 9.69. The molecule has 2 rings (SSSR count). The summed E-state index contributed by atoms with van der Waals surface area (Å²) in [7, 11) is 0. The smallest absolute Gasteiger partial charge is 0.103 e. The van der Waals surface area contributed by atoms with E-state index < -0.39 is 0 Å². The van der Waals surface area contributed by atoms with E-state index in [0.717, 1.165) is 10.3 Å². The molecule has 2 aromatic rings. The molecule has 0 fully saturated rings. The van der Waals surface area contributed by atoms with Crippen LogP contribution in [-0.4, -0.2) is 4.98 Å². The van der Waals surface area contributed by atoms with E-state index >= 15 is 0 Å². The summed E-state index contributed by atoms with van der Waals surface area (Å²) in [4.78, 5) is 3.19. The average Bonchev–Trinajstić information content (AvgIpc) is 2.22. The molecule has 1 nitrogen and oxygen atoms in total. The molecule has 0 aliphatic carbocycles. The second-order valence-corrected chi connectivity index (χ2v) is 4.17. The van der Waals surface area contributed by atoms with Crippen molar-refractivity contribution in [2.45, 2.75) is 13.8 Å². The predicted molar refractivity (Wildman–Crippen MR) is 66.5 cm³/mol. The number of H-pyrrole nitrogens is 1. The first kappa shape index (κ1) is 10.1. The standard InChI is InChI=1S/C13H13NS/c1-9-6-7-11(8-10(9)2)12-4-3-5-13(15)14-12/h3-8H,1-2H3,(H,14,15). The minimum Gasteiger partial charge on any atom is -0.346 e. The Morgan fingerprint density at radius 1 is 1.00 bits per heavy atom. The fraction of sp³-hybridized carbons (Fsp3) is 0.154. The van der Waals surface area contributed by atoms with Crippen molar-refractivity contribution >= 4 is 12.2 Å². The molecule has 1 N–H and O–H groups in total. The van der Waals surface area contributed by atoms with Crippen LogP contribution in [0.15, 0.2) is 36.4 Å². The molecule has 0 aliphatic rings. The highest BCUT2D eigenvalue weighted by molar-refractivity contribution is 7.71. The van der Waals surface area contributed by atoms with Crippen LogP contribution in [0.3, 0.4) is 0 Å². The van der Waals surface area contributed by atoms with Crippen molar-refractivity contribution in [2.24, 2.45) is 0 Å². The van der Waals surface area contributed by atoms with Gasteiger partial charge in [0.05, 0.1) is 0 Å². The molecule has 0 aliphatic heterocycles.